The van der Waals surface area contributed by atoms with Crippen molar-refractivity contribution >= 4 is 17.4 Å². The summed E-state index contributed by atoms with van der Waals surface area (Å²) in [4.78, 5) is 11.9. The predicted octanol–water partition coefficient (Wildman–Crippen LogP) is 2.55. The van der Waals surface area contributed by atoms with Gasteiger partial charge in [-0.15, -0.1) is 0 Å². The number of ketones is 1. The summed E-state index contributed by atoms with van der Waals surface area (Å²) in [6, 6.07) is 1.36. The summed E-state index contributed by atoms with van der Waals surface area (Å²) >= 11 is 5.72. The number of nitrogens with one attached hydrogen (secondary N) is 1. The summed E-state index contributed by atoms with van der Waals surface area (Å²) in [5, 5.41) is 2.95. The van der Waals surface area contributed by atoms with Crippen LogP contribution in [0.5, 0.6) is 0 Å². The first-order chi connectivity index (χ1) is 7.59. The first kappa shape index (κ1) is 11.5. The lowest BCUT2D eigenvalue weighted by Crippen LogP contribution is -2.31. The Morgan fingerprint density at radius 1 is 1.38 bits per heavy atom. The largest absolute Gasteiger partial charge is 0.307 e. The standard InChI is InChI=1S/C11H10ClF2NO/c12-7-5-9(14)8(13)4-6(7)11(16)10-2-1-3-15-10/h4-5,10,15H,1-3H2. The zero-order valence-corrected chi connectivity index (χ0v) is 9.15. The van der Waals surface area contributed by atoms with E-state index in [4.69, 9.17) is 11.6 Å². The highest BCUT2D eigenvalue weighted by Gasteiger charge is 2.25. The number of benzene rings is 1. The van der Waals surface area contributed by atoms with Crippen LogP contribution in [-0.2, 0) is 0 Å². The molecule has 2 rings (SSSR count). The normalized spacial score (nSPS) is 20.1. The lowest BCUT2D eigenvalue weighted by molar-refractivity contribution is 0.0952. The second kappa shape index (κ2) is 4.47. The van der Waals surface area contributed by atoms with Gasteiger partial charge in [-0.3, -0.25) is 4.79 Å². The molecule has 1 unspecified atom stereocenters. The van der Waals surface area contributed by atoms with Crippen LogP contribution in [0.2, 0.25) is 5.02 Å². The quantitative estimate of drug-likeness (QED) is 0.641. The lowest BCUT2D eigenvalue weighted by atomic mass is 10.0. The minimum absolute atomic E-state index is 0.0416. The third-order valence-electron chi connectivity index (χ3n) is 2.65. The molecule has 2 nitrogen and oxygen atoms in total. The minimum atomic E-state index is -1.05. The molecule has 16 heavy (non-hydrogen) atoms. The smallest absolute Gasteiger partial charge is 0.181 e. The summed E-state index contributed by atoms with van der Waals surface area (Å²) in [5.41, 5.74) is 0.0416. The van der Waals surface area contributed by atoms with E-state index in [1.807, 2.05) is 0 Å². The van der Waals surface area contributed by atoms with Gasteiger partial charge in [-0.05, 0) is 31.5 Å². The highest BCUT2D eigenvalue weighted by molar-refractivity contribution is 6.34. The van der Waals surface area contributed by atoms with Gasteiger partial charge in [0.1, 0.15) is 0 Å². The van der Waals surface area contributed by atoms with E-state index < -0.39 is 11.6 Å². The molecule has 1 aromatic carbocycles. The van der Waals surface area contributed by atoms with Crippen LogP contribution in [-0.4, -0.2) is 18.4 Å². The van der Waals surface area contributed by atoms with Crippen LogP contribution in [0.4, 0.5) is 8.78 Å². The van der Waals surface area contributed by atoms with Gasteiger partial charge in [-0.2, -0.15) is 0 Å². The average Bonchev–Trinajstić information content (AvgIpc) is 2.75. The summed E-state index contributed by atoms with van der Waals surface area (Å²) in [6.07, 6.45) is 1.60. The van der Waals surface area contributed by atoms with E-state index in [1.165, 1.54) is 0 Å². The zero-order valence-electron chi connectivity index (χ0n) is 8.40. The Balaban J connectivity index is 2.32. The second-order valence-electron chi connectivity index (χ2n) is 3.76. The van der Waals surface area contributed by atoms with Crippen LogP contribution in [0.15, 0.2) is 12.1 Å². The van der Waals surface area contributed by atoms with Crippen molar-refractivity contribution < 1.29 is 13.6 Å². The van der Waals surface area contributed by atoms with Crippen molar-refractivity contribution in [1.29, 1.82) is 0 Å². The molecule has 1 aliphatic heterocycles. The molecule has 1 heterocycles. The number of hydrogen-bond donors (Lipinski definition) is 1. The first-order valence-electron chi connectivity index (χ1n) is 5.01. The molecule has 1 atom stereocenters. The topological polar surface area (TPSA) is 29.1 Å². The fourth-order valence-electron chi connectivity index (χ4n) is 1.81. The Morgan fingerprint density at radius 2 is 2.06 bits per heavy atom. The number of Topliss-reactive ketones (excluding diaryl/α,β-unsaturated/α-hetero) is 1. The molecule has 0 spiro atoms. The van der Waals surface area contributed by atoms with Crippen molar-refractivity contribution in [3.05, 3.63) is 34.4 Å². The molecule has 5 heteroatoms. The van der Waals surface area contributed by atoms with Gasteiger partial charge in [0.05, 0.1) is 11.1 Å². The first-order valence-corrected chi connectivity index (χ1v) is 5.39. The molecule has 86 valence electrons. The molecule has 0 amide bonds. The molecular formula is C11H10ClF2NO. The van der Waals surface area contributed by atoms with Crippen LogP contribution in [0, 0.1) is 11.6 Å². The third kappa shape index (κ3) is 2.08. The summed E-state index contributed by atoms with van der Waals surface area (Å²) in [6.45, 7) is 0.762. The van der Waals surface area contributed by atoms with Gasteiger partial charge < -0.3 is 5.32 Å². The molecule has 1 aliphatic rings. The lowest BCUT2D eigenvalue weighted by Gasteiger charge is -2.10. The zero-order chi connectivity index (χ0) is 11.7. The molecule has 1 fully saturated rings. The van der Waals surface area contributed by atoms with Crippen molar-refractivity contribution in [3.63, 3.8) is 0 Å². The monoisotopic (exact) mass is 245 g/mol. The number of hydrogen-bond acceptors (Lipinski definition) is 2. The molecule has 0 aromatic heterocycles. The average molecular weight is 246 g/mol. The maximum Gasteiger partial charge on any atom is 0.181 e. The summed E-state index contributed by atoms with van der Waals surface area (Å²) in [5.74, 6) is -2.37. The highest BCUT2D eigenvalue weighted by Crippen LogP contribution is 2.23. The number of halogens is 3. The van der Waals surface area contributed by atoms with Crippen LogP contribution < -0.4 is 5.32 Å². The van der Waals surface area contributed by atoms with E-state index >= 15 is 0 Å². The summed E-state index contributed by atoms with van der Waals surface area (Å²) in [7, 11) is 0. The van der Waals surface area contributed by atoms with Gasteiger partial charge in [0, 0.05) is 5.56 Å². The van der Waals surface area contributed by atoms with Crippen LogP contribution in [0.3, 0.4) is 0 Å². The maximum absolute atomic E-state index is 13.0. The highest BCUT2D eigenvalue weighted by atomic mass is 35.5. The fraction of sp³-hybridized carbons (Fsp3) is 0.364. The molecular weight excluding hydrogens is 236 g/mol. The van der Waals surface area contributed by atoms with Crippen molar-refractivity contribution in [1.82, 2.24) is 5.32 Å². The van der Waals surface area contributed by atoms with E-state index in [0.717, 1.165) is 25.1 Å². The second-order valence-corrected chi connectivity index (χ2v) is 4.17. The summed E-state index contributed by atoms with van der Waals surface area (Å²) < 4.78 is 25.8. The maximum atomic E-state index is 13.0. The Hall–Kier alpha value is -1.00. The molecule has 0 saturated carbocycles. The van der Waals surface area contributed by atoms with E-state index in [-0.39, 0.29) is 22.4 Å². The van der Waals surface area contributed by atoms with Crippen molar-refractivity contribution in [3.8, 4) is 0 Å². The molecule has 0 bridgehead atoms. The number of rotatable bonds is 2. The molecule has 0 radical (unpaired) electrons. The van der Waals surface area contributed by atoms with Gasteiger partial charge in [-0.25, -0.2) is 8.78 Å². The third-order valence-corrected chi connectivity index (χ3v) is 2.96. The predicted molar refractivity (Wildman–Crippen MR) is 56.7 cm³/mol. The van der Waals surface area contributed by atoms with Crippen LogP contribution in [0.1, 0.15) is 23.2 Å². The van der Waals surface area contributed by atoms with Crippen molar-refractivity contribution in [2.45, 2.75) is 18.9 Å². The van der Waals surface area contributed by atoms with Gasteiger partial charge in [0.15, 0.2) is 17.4 Å². The minimum Gasteiger partial charge on any atom is -0.307 e. The van der Waals surface area contributed by atoms with E-state index in [9.17, 15) is 13.6 Å². The van der Waals surface area contributed by atoms with E-state index in [1.54, 1.807) is 0 Å². The van der Waals surface area contributed by atoms with Gasteiger partial charge in [0.25, 0.3) is 0 Å². The van der Waals surface area contributed by atoms with Crippen molar-refractivity contribution in [2.24, 2.45) is 0 Å². The molecule has 1 N–H and O–H groups in total. The van der Waals surface area contributed by atoms with Gasteiger partial charge >= 0.3 is 0 Å². The molecule has 1 aromatic rings. The van der Waals surface area contributed by atoms with Gasteiger partial charge in [0.2, 0.25) is 0 Å². The Morgan fingerprint density at radius 3 is 2.69 bits per heavy atom. The number of carbonyl (C=O) groups excluding carboxylic acids is 1. The SMILES string of the molecule is O=C(c1cc(F)c(F)cc1Cl)C1CCCN1. The van der Waals surface area contributed by atoms with E-state index in [2.05, 4.69) is 5.32 Å². The van der Waals surface area contributed by atoms with Crippen LogP contribution >= 0.6 is 11.6 Å². The fourth-order valence-corrected chi connectivity index (χ4v) is 2.05. The van der Waals surface area contributed by atoms with E-state index in [0.29, 0.717) is 6.42 Å². The Kier molecular flexibility index (Phi) is 3.21. The number of carbonyl (C=O) groups is 1. The van der Waals surface area contributed by atoms with Crippen molar-refractivity contribution in [2.75, 3.05) is 6.54 Å². The van der Waals surface area contributed by atoms with Crippen LogP contribution in [0.25, 0.3) is 0 Å². The molecule has 0 aliphatic carbocycles. The Bertz CT molecular complexity index is 430. The Labute approximate surface area is 96.6 Å². The van der Waals surface area contributed by atoms with Gasteiger partial charge in [-0.1, -0.05) is 11.6 Å². The molecule has 1 saturated heterocycles.